The van der Waals surface area contributed by atoms with Gasteiger partial charge in [-0.15, -0.1) is 0 Å². The van der Waals surface area contributed by atoms with E-state index in [-0.39, 0.29) is 0 Å². The molecule has 2 heterocycles. The van der Waals surface area contributed by atoms with Crippen LogP contribution in [0.2, 0.25) is 0 Å². The van der Waals surface area contributed by atoms with Crippen molar-refractivity contribution in [3.8, 4) is 67.0 Å². The highest BCUT2D eigenvalue weighted by Crippen LogP contribution is 2.60. The van der Waals surface area contributed by atoms with E-state index in [4.69, 9.17) is 5.10 Å². The van der Waals surface area contributed by atoms with Gasteiger partial charge in [-0.05, 0) is 92.0 Å². The lowest BCUT2D eigenvalue weighted by atomic mass is 9.68. The average Bonchev–Trinajstić information content (AvgIpc) is 4.13. The van der Waals surface area contributed by atoms with E-state index in [1.165, 1.54) is 33.4 Å². The molecule has 0 aliphatic heterocycles. The van der Waals surface area contributed by atoms with Crippen LogP contribution < -0.4 is 4.90 Å². The van der Waals surface area contributed by atoms with Crippen molar-refractivity contribution < 1.29 is 0 Å². The maximum absolute atomic E-state index is 5.62. The molecule has 352 valence electrons. The predicted octanol–water partition coefficient (Wildman–Crippen LogP) is 18.7. The number of pyridine rings is 1. The molecule has 0 atom stereocenters. The fourth-order valence-corrected chi connectivity index (χ4v) is 12.0. The summed E-state index contributed by atoms with van der Waals surface area (Å²) in [6, 6.07) is 108. The summed E-state index contributed by atoms with van der Waals surface area (Å²) >= 11 is 0. The molecule has 3 heteroatoms. The number of rotatable bonds is 10. The highest BCUT2D eigenvalue weighted by Gasteiger charge is 2.47. The van der Waals surface area contributed by atoms with E-state index in [1.54, 1.807) is 0 Å². The monoisotopic (exact) mass is 955 g/mol. The number of fused-ring (bicyclic) bond motifs is 6. The molecule has 0 amide bonds. The number of nitrogens with zero attached hydrogens (tertiary/aromatic N) is 3. The van der Waals surface area contributed by atoms with Crippen LogP contribution in [0.4, 0.5) is 17.1 Å². The Hall–Kier alpha value is -9.83. The van der Waals surface area contributed by atoms with Crippen LogP contribution in [0.3, 0.4) is 0 Å². The molecule has 3 nitrogen and oxygen atoms in total. The van der Waals surface area contributed by atoms with Crippen LogP contribution in [-0.4, -0.2) is 9.61 Å². The molecule has 0 saturated carbocycles. The second-order valence-corrected chi connectivity index (χ2v) is 19.4. The molecule has 1 aliphatic carbocycles. The van der Waals surface area contributed by atoms with Gasteiger partial charge in [0.05, 0.1) is 28.0 Å². The first-order valence-electron chi connectivity index (χ1n) is 25.8. The molecule has 0 N–H and O–H groups in total. The zero-order valence-electron chi connectivity index (χ0n) is 41.1. The molecule has 0 saturated heterocycles. The van der Waals surface area contributed by atoms with Crippen molar-refractivity contribution in [2.75, 3.05) is 4.90 Å². The van der Waals surface area contributed by atoms with Gasteiger partial charge in [-0.2, -0.15) is 5.10 Å². The van der Waals surface area contributed by atoms with Crippen molar-refractivity contribution in [1.29, 1.82) is 0 Å². The SMILES string of the molecule is c1ccc(-c2cc(-c3ccccc3)cc(N(c3cccc4c3-c3ccccc3C4(c3ccccc3)c3ccccc3)c3cccc4c3cc(-c3ccccc3)n3nc(-c5ccccc5)c(-c5ccccc5)c43)c2)cc1. The van der Waals surface area contributed by atoms with Gasteiger partial charge in [-0.3, -0.25) is 0 Å². The molecule has 0 spiro atoms. The van der Waals surface area contributed by atoms with E-state index in [1.807, 2.05) is 0 Å². The molecule has 0 radical (unpaired) electrons. The molecule has 0 bridgehead atoms. The summed E-state index contributed by atoms with van der Waals surface area (Å²) in [6.45, 7) is 0. The highest BCUT2D eigenvalue weighted by molar-refractivity contribution is 6.14. The lowest BCUT2D eigenvalue weighted by Gasteiger charge is -2.34. The topological polar surface area (TPSA) is 20.5 Å². The minimum atomic E-state index is -0.599. The standard InChI is InChI=1S/C72H49N3/c1-8-26-50(27-9-1)55-46-56(51-28-10-2-11-29-51)48-59(47-55)74(66-45-25-43-64-69(66)61-40-22-23-42-63(61)72(64,57-36-18-6-19-37-57)58-38-20-7-21-39-58)65-44-24-41-60-62(65)49-67(52-30-12-3-13-31-52)75-71(60)68(53-32-14-4-15-33-53)70(73-75)54-34-16-5-17-35-54/h1-49H. The average molecular weight is 956 g/mol. The quantitative estimate of drug-likeness (QED) is 0.136. The van der Waals surface area contributed by atoms with Crippen molar-refractivity contribution in [2.45, 2.75) is 5.41 Å². The molecule has 14 rings (SSSR count). The van der Waals surface area contributed by atoms with E-state index >= 15 is 0 Å². The Labute approximate surface area is 437 Å². The van der Waals surface area contributed by atoms with Crippen molar-refractivity contribution in [2.24, 2.45) is 0 Å². The van der Waals surface area contributed by atoms with Gasteiger partial charge in [-0.1, -0.05) is 261 Å². The lowest BCUT2D eigenvalue weighted by Crippen LogP contribution is -2.28. The van der Waals surface area contributed by atoms with Crippen LogP contribution in [-0.2, 0) is 5.41 Å². The number of aromatic nitrogens is 2. The predicted molar refractivity (Wildman–Crippen MR) is 312 cm³/mol. The minimum absolute atomic E-state index is 0.599. The molecular weight excluding hydrogens is 907 g/mol. The van der Waals surface area contributed by atoms with Gasteiger partial charge >= 0.3 is 0 Å². The summed E-state index contributed by atoms with van der Waals surface area (Å²) in [5.74, 6) is 0. The first-order chi connectivity index (χ1) is 37.2. The normalized spacial score (nSPS) is 12.4. The minimum Gasteiger partial charge on any atom is -0.309 e. The molecule has 0 fully saturated rings. The van der Waals surface area contributed by atoms with Gasteiger partial charge in [0.15, 0.2) is 0 Å². The fraction of sp³-hybridized carbons (Fsp3) is 0.0139. The second-order valence-electron chi connectivity index (χ2n) is 19.4. The highest BCUT2D eigenvalue weighted by atomic mass is 15.2. The van der Waals surface area contributed by atoms with Crippen LogP contribution in [0.25, 0.3) is 83.3 Å². The molecular formula is C72H49N3. The fourth-order valence-electron chi connectivity index (χ4n) is 12.0. The molecule has 2 aromatic heterocycles. The molecule has 75 heavy (non-hydrogen) atoms. The first-order valence-corrected chi connectivity index (χ1v) is 25.8. The molecule has 11 aromatic carbocycles. The van der Waals surface area contributed by atoms with Crippen LogP contribution in [0, 0.1) is 0 Å². The zero-order chi connectivity index (χ0) is 49.7. The Kier molecular flexibility index (Phi) is 10.7. The van der Waals surface area contributed by atoms with E-state index in [0.717, 1.165) is 89.2 Å². The van der Waals surface area contributed by atoms with Gasteiger partial charge < -0.3 is 4.90 Å². The number of hydrogen-bond acceptors (Lipinski definition) is 2. The zero-order valence-corrected chi connectivity index (χ0v) is 41.1. The van der Waals surface area contributed by atoms with E-state index < -0.39 is 5.41 Å². The van der Waals surface area contributed by atoms with Crippen molar-refractivity contribution in [3.05, 3.63) is 320 Å². The number of anilines is 3. The molecule has 1 aliphatic rings. The van der Waals surface area contributed by atoms with Crippen molar-refractivity contribution in [3.63, 3.8) is 0 Å². The summed E-state index contributed by atoms with van der Waals surface area (Å²) < 4.78 is 2.20. The Morgan fingerprint density at radius 2 is 0.787 bits per heavy atom. The van der Waals surface area contributed by atoms with Gasteiger partial charge in [0.1, 0.15) is 5.69 Å². The van der Waals surface area contributed by atoms with Gasteiger partial charge in [0.2, 0.25) is 0 Å². The molecule has 0 unspecified atom stereocenters. The van der Waals surface area contributed by atoms with Crippen LogP contribution >= 0.6 is 0 Å². The summed E-state index contributed by atoms with van der Waals surface area (Å²) in [4.78, 5) is 2.56. The lowest BCUT2D eigenvalue weighted by molar-refractivity contribution is 0.768. The number of hydrogen-bond donors (Lipinski definition) is 0. The summed E-state index contributed by atoms with van der Waals surface area (Å²) in [5.41, 5.74) is 21.9. The summed E-state index contributed by atoms with van der Waals surface area (Å²) in [7, 11) is 0. The summed E-state index contributed by atoms with van der Waals surface area (Å²) in [6.07, 6.45) is 0. The maximum atomic E-state index is 5.62. The van der Waals surface area contributed by atoms with Crippen LogP contribution in [0.15, 0.2) is 297 Å². The van der Waals surface area contributed by atoms with Gasteiger partial charge in [0, 0.05) is 38.7 Å². The third kappa shape index (κ3) is 7.23. The van der Waals surface area contributed by atoms with Gasteiger partial charge in [0.25, 0.3) is 0 Å². The third-order valence-corrected chi connectivity index (χ3v) is 15.2. The van der Waals surface area contributed by atoms with E-state index in [0.29, 0.717) is 0 Å². The Balaban J connectivity index is 1.15. The Bertz CT molecular complexity index is 4100. The second kappa shape index (κ2) is 18.3. The summed E-state index contributed by atoms with van der Waals surface area (Å²) in [5, 5.41) is 7.82. The smallest absolute Gasteiger partial charge is 0.101 e. The maximum Gasteiger partial charge on any atom is 0.101 e. The van der Waals surface area contributed by atoms with E-state index in [9.17, 15) is 0 Å². The number of benzene rings is 11. The Morgan fingerprint density at radius 3 is 1.37 bits per heavy atom. The largest absolute Gasteiger partial charge is 0.309 e. The van der Waals surface area contributed by atoms with E-state index in [2.05, 4.69) is 307 Å². The molecule has 13 aromatic rings. The van der Waals surface area contributed by atoms with Crippen LogP contribution in [0.5, 0.6) is 0 Å². The van der Waals surface area contributed by atoms with Crippen LogP contribution in [0.1, 0.15) is 22.3 Å². The van der Waals surface area contributed by atoms with Gasteiger partial charge in [-0.25, -0.2) is 4.52 Å². The third-order valence-electron chi connectivity index (χ3n) is 15.2. The van der Waals surface area contributed by atoms with Crippen molar-refractivity contribution >= 4 is 33.4 Å². The Morgan fingerprint density at radius 1 is 0.320 bits per heavy atom. The first kappa shape index (κ1) is 43.9. The van der Waals surface area contributed by atoms with Crippen molar-refractivity contribution in [1.82, 2.24) is 9.61 Å².